The van der Waals surface area contributed by atoms with Crippen LogP contribution in [0.2, 0.25) is 0 Å². The van der Waals surface area contributed by atoms with Crippen LogP contribution in [0.5, 0.6) is 5.75 Å². The van der Waals surface area contributed by atoms with Gasteiger partial charge in [-0.1, -0.05) is 30.3 Å². The van der Waals surface area contributed by atoms with Gasteiger partial charge in [-0.3, -0.25) is 9.78 Å². The molecule has 1 amide bonds. The van der Waals surface area contributed by atoms with Gasteiger partial charge in [0.05, 0.1) is 26.4 Å². The summed E-state index contributed by atoms with van der Waals surface area (Å²) in [5, 5.41) is 0. The Hall–Kier alpha value is -2.52. The van der Waals surface area contributed by atoms with Gasteiger partial charge in [-0.15, -0.1) is 0 Å². The van der Waals surface area contributed by atoms with Crippen molar-refractivity contribution in [3.05, 3.63) is 59.9 Å². The molecule has 1 aromatic heterocycles. The molecule has 0 N–H and O–H groups in total. The van der Waals surface area contributed by atoms with E-state index >= 15 is 0 Å². The van der Waals surface area contributed by atoms with E-state index in [1.807, 2.05) is 30.3 Å². The zero-order valence-corrected chi connectivity index (χ0v) is 17.6. The van der Waals surface area contributed by atoms with Crippen LogP contribution >= 0.6 is 0 Å². The number of β-lactam (4-membered cyclic amide) rings is 1. The Kier molecular flexibility index (Phi) is 7.75. The molecular formula is C22H28N2O6. The van der Waals surface area contributed by atoms with Crippen molar-refractivity contribution >= 4 is 5.91 Å². The van der Waals surface area contributed by atoms with E-state index in [2.05, 4.69) is 4.98 Å². The van der Waals surface area contributed by atoms with E-state index in [9.17, 15) is 4.79 Å². The van der Waals surface area contributed by atoms with Crippen LogP contribution in [0.1, 0.15) is 11.3 Å². The zero-order chi connectivity index (χ0) is 21.4. The van der Waals surface area contributed by atoms with Crippen molar-refractivity contribution in [3.8, 4) is 5.75 Å². The maximum absolute atomic E-state index is 13.1. The lowest BCUT2D eigenvalue weighted by molar-refractivity contribution is -0.240. The highest BCUT2D eigenvalue weighted by atomic mass is 16.7. The van der Waals surface area contributed by atoms with Crippen LogP contribution in [0.15, 0.2) is 48.7 Å². The number of rotatable bonds is 12. The fourth-order valence-electron chi connectivity index (χ4n) is 3.60. The third kappa shape index (κ3) is 4.79. The van der Waals surface area contributed by atoms with Crippen LogP contribution in [0.3, 0.4) is 0 Å². The van der Waals surface area contributed by atoms with Gasteiger partial charge in [-0.05, 0) is 11.6 Å². The van der Waals surface area contributed by atoms with E-state index in [-0.39, 0.29) is 38.5 Å². The average Bonchev–Trinajstić information content (AvgIpc) is 2.79. The maximum atomic E-state index is 13.1. The molecule has 2 atom stereocenters. The smallest absolute Gasteiger partial charge is 0.259 e. The molecule has 8 heteroatoms. The number of likely N-dealkylation sites (tertiary alicyclic amines) is 1. The summed E-state index contributed by atoms with van der Waals surface area (Å²) in [6.45, 7) is 0.856. The Balaban J connectivity index is 1.80. The Morgan fingerprint density at radius 2 is 1.90 bits per heavy atom. The first-order chi connectivity index (χ1) is 14.6. The fraction of sp³-hybridized carbons (Fsp3) is 0.455. The van der Waals surface area contributed by atoms with Crippen LogP contribution in [0.25, 0.3) is 0 Å². The summed E-state index contributed by atoms with van der Waals surface area (Å²) in [6.07, 6.45) is 1.92. The number of carbonyl (C=O) groups is 1. The molecule has 0 bridgehead atoms. The van der Waals surface area contributed by atoms with Crippen molar-refractivity contribution in [1.29, 1.82) is 0 Å². The van der Waals surface area contributed by atoms with Crippen molar-refractivity contribution in [2.24, 2.45) is 0 Å². The molecule has 0 saturated carbocycles. The van der Waals surface area contributed by atoms with E-state index in [4.69, 9.17) is 23.7 Å². The number of hydrogen-bond acceptors (Lipinski definition) is 7. The van der Waals surface area contributed by atoms with Gasteiger partial charge in [-0.25, -0.2) is 0 Å². The first-order valence-corrected chi connectivity index (χ1v) is 9.68. The number of aromatic nitrogens is 1. The van der Waals surface area contributed by atoms with E-state index in [0.29, 0.717) is 18.1 Å². The number of nitrogens with zero attached hydrogens (tertiary/aromatic N) is 2. The third-order valence-corrected chi connectivity index (χ3v) is 5.09. The highest BCUT2D eigenvalue weighted by Gasteiger charge is 2.62. The van der Waals surface area contributed by atoms with Crippen LogP contribution in [0.4, 0.5) is 0 Å². The monoisotopic (exact) mass is 416 g/mol. The van der Waals surface area contributed by atoms with Gasteiger partial charge in [0, 0.05) is 38.6 Å². The summed E-state index contributed by atoms with van der Waals surface area (Å²) in [6, 6.07) is 13.1. The minimum Gasteiger partial charge on any atom is -0.497 e. The lowest BCUT2D eigenvalue weighted by Gasteiger charge is -2.54. The molecule has 1 aliphatic rings. The van der Waals surface area contributed by atoms with Gasteiger partial charge in [0.15, 0.2) is 5.60 Å². The largest absolute Gasteiger partial charge is 0.497 e. The molecular weight excluding hydrogens is 388 g/mol. The second-order valence-electron chi connectivity index (χ2n) is 7.01. The summed E-state index contributed by atoms with van der Waals surface area (Å²) in [4.78, 5) is 19.1. The Labute approximate surface area is 176 Å². The SMILES string of the molecule is COCO[C@@]1(Cc2cc(OC)ccn2)C(=O)N(COC)[C@H]1COCc1ccccc1. The Morgan fingerprint density at radius 1 is 1.10 bits per heavy atom. The van der Waals surface area contributed by atoms with Gasteiger partial charge in [0.25, 0.3) is 5.91 Å². The molecule has 1 saturated heterocycles. The number of hydrogen-bond donors (Lipinski definition) is 0. The first kappa shape index (κ1) is 22.2. The molecule has 2 heterocycles. The summed E-state index contributed by atoms with van der Waals surface area (Å²) in [5.41, 5.74) is 0.591. The van der Waals surface area contributed by atoms with Gasteiger partial charge in [-0.2, -0.15) is 0 Å². The van der Waals surface area contributed by atoms with Crippen molar-refractivity contribution in [3.63, 3.8) is 0 Å². The Bertz CT molecular complexity index is 818. The average molecular weight is 416 g/mol. The van der Waals surface area contributed by atoms with Gasteiger partial charge >= 0.3 is 0 Å². The van der Waals surface area contributed by atoms with Gasteiger partial charge < -0.3 is 28.6 Å². The lowest BCUT2D eigenvalue weighted by Crippen LogP contribution is -2.77. The van der Waals surface area contributed by atoms with E-state index in [1.165, 1.54) is 7.11 Å². The van der Waals surface area contributed by atoms with Crippen LogP contribution in [-0.4, -0.2) is 68.9 Å². The van der Waals surface area contributed by atoms with Crippen molar-refractivity contribution < 1.29 is 28.5 Å². The highest BCUT2D eigenvalue weighted by molar-refractivity contribution is 5.93. The normalized spacial score (nSPS) is 20.8. The second kappa shape index (κ2) is 10.5. The van der Waals surface area contributed by atoms with E-state index in [1.54, 1.807) is 37.4 Å². The quantitative estimate of drug-likeness (QED) is 0.387. The third-order valence-electron chi connectivity index (χ3n) is 5.09. The molecule has 0 radical (unpaired) electrons. The summed E-state index contributed by atoms with van der Waals surface area (Å²) in [5.74, 6) is 0.485. The number of ether oxygens (including phenoxy) is 5. The van der Waals surface area contributed by atoms with Crippen LogP contribution in [0, 0.1) is 0 Å². The maximum Gasteiger partial charge on any atom is 0.259 e. The minimum atomic E-state index is -1.15. The highest BCUT2D eigenvalue weighted by Crippen LogP contribution is 2.38. The topological polar surface area (TPSA) is 79.4 Å². The van der Waals surface area contributed by atoms with Gasteiger partial charge in [0.1, 0.15) is 19.3 Å². The van der Waals surface area contributed by atoms with E-state index < -0.39 is 5.60 Å². The molecule has 2 aromatic rings. The first-order valence-electron chi connectivity index (χ1n) is 9.68. The number of amides is 1. The molecule has 0 aliphatic carbocycles. The van der Waals surface area contributed by atoms with Gasteiger partial charge in [0.2, 0.25) is 0 Å². The second-order valence-corrected chi connectivity index (χ2v) is 7.01. The molecule has 1 fully saturated rings. The molecule has 3 rings (SSSR count). The molecule has 1 aliphatic heterocycles. The number of pyridine rings is 1. The van der Waals surface area contributed by atoms with Crippen molar-refractivity contribution in [1.82, 2.24) is 9.88 Å². The molecule has 0 spiro atoms. The summed E-state index contributed by atoms with van der Waals surface area (Å²) < 4.78 is 27.5. The molecule has 1 aromatic carbocycles. The number of methoxy groups -OCH3 is 3. The minimum absolute atomic E-state index is 0.0221. The number of carbonyl (C=O) groups excluding carboxylic acids is 1. The lowest BCUT2D eigenvalue weighted by atomic mass is 9.78. The van der Waals surface area contributed by atoms with E-state index in [0.717, 1.165) is 5.56 Å². The van der Waals surface area contributed by atoms with Crippen LogP contribution in [-0.2, 0) is 36.8 Å². The summed E-state index contributed by atoms with van der Waals surface area (Å²) >= 11 is 0. The standard InChI is InChI=1S/C22H28N2O6/c1-26-15-24-20(14-29-13-17-7-5-4-6-8-17)22(21(24)25,30-16-27-2)12-18-11-19(28-3)9-10-23-18/h4-11,20H,12-16H2,1-3H3/t20-,22+/m0/s1. The molecule has 8 nitrogen and oxygen atoms in total. The zero-order valence-electron chi connectivity index (χ0n) is 17.6. The molecule has 162 valence electrons. The van der Waals surface area contributed by atoms with Crippen LogP contribution < -0.4 is 4.74 Å². The number of benzene rings is 1. The van der Waals surface area contributed by atoms with Crippen molar-refractivity contribution in [2.45, 2.75) is 24.7 Å². The van der Waals surface area contributed by atoms with Crippen molar-refractivity contribution in [2.75, 3.05) is 41.5 Å². The predicted octanol–water partition coefficient (Wildman–Crippen LogP) is 2.02. The summed E-state index contributed by atoms with van der Waals surface area (Å²) in [7, 11) is 4.66. The predicted molar refractivity (Wildman–Crippen MR) is 109 cm³/mol. The molecule has 30 heavy (non-hydrogen) atoms. The Morgan fingerprint density at radius 3 is 2.60 bits per heavy atom. The molecule has 0 unspecified atom stereocenters. The fourth-order valence-corrected chi connectivity index (χ4v) is 3.60.